The van der Waals surface area contributed by atoms with Crippen molar-refractivity contribution < 1.29 is 5.11 Å². The van der Waals surface area contributed by atoms with Crippen LogP contribution in [0.3, 0.4) is 0 Å². The van der Waals surface area contributed by atoms with E-state index in [2.05, 4.69) is 0 Å². The molecule has 2 aromatic heterocycles. The topological polar surface area (TPSA) is 20.2 Å². The van der Waals surface area contributed by atoms with Crippen molar-refractivity contribution in [2.45, 2.75) is 12.5 Å². The lowest BCUT2D eigenvalue weighted by atomic mass is 10.5. The fourth-order valence-electron chi connectivity index (χ4n) is 0.791. The summed E-state index contributed by atoms with van der Waals surface area (Å²) in [5.74, 6) is 0.650. The zero-order chi connectivity index (χ0) is 10.2. The Morgan fingerprint density at radius 1 is 1.07 bits per heavy atom. The number of rotatable bonds is 2. The highest BCUT2D eigenvalue weighted by atomic mass is 35.5. The number of hydrogen-bond acceptors (Lipinski definition) is 3. The molecule has 0 aromatic carbocycles. The molecule has 0 saturated heterocycles. The average Bonchev–Trinajstić information content (AvgIpc) is 2.92. The largest absolute Gasteiger partial charge is 0.391 e. The smallest absolute Gasteiger partial charge is 0.0774 e. The molecule has 2 rings (SSSR count). The highest BCUT2D eigenvalue weighted by Crippen LogP contribution is 2.09. The summed E-state index contributed by atoms with van der Waals surface area (Å²) in [6.45, 7) is 0.178. The van der Waals surface area contributed by atoms with E-state index in [-0.39, 0.29) is 6.61 Å². The molecule has 0 spiro atoms. The summed E-state index contributed by atoms with van der Waals surface area (Å²) in [4.78, 5) is 2.27. The van der Waals surface area contributed by atoms with E-state index in [1.54, 1.807) is 22.7 Å². The molecule has 0 fully saturated rings. The van der Waals surface area contributed by atoms with Gasteiger partial charge in [-0.2, -0.15) is 0 Å². The number of thiophene rings is 2. The van der Waals surface area contributed by atoms with Gasteiger partial charge in [0.05, 0.1) is 12.5 Å². The second kappa shape index (κ2) is 7.01. The lowest BCUT2D eigenvalue weighted by Gasteiger charge is -1.78. The van der Waals surface area contributed by atoms with Gasteiger partial charge in [0.1, 0.15) is 0 Å². The van der Waals surface area contributed by atoms with Crippen molar-refractivity contribution in [2.75, 3.05) is 0 Å². The van der Waals surface area contributed by atoms with Crippen LogP contribution in [0.2, 0.25) is 0 Å². The molecule has 0 radical (unpaired) electrons. The van der Waals surface area contributed by atoms with Crippen LogP contribution < -0.4 is 0 Å². The Kier molecular flexibility index (Phi) is 5.87. The van der Waals surface area contributed by atoms with E-state index < -0.39 is 0 Å². The molecule has 0 aliphatic heterocycles. The quantitative estimate of drug-likeness (QED) is 0.801. The SMILES string of the molecule is ClCc1cccs1.OCc1cccs1. The fraction of sp³-hybridized carbons (Fsp3) is 0.200. The third kappa shape index (κ3) is 4.24. The predicted octanol–water partition coefficient (Wildman–Crippen LogP) is 3.73. The molecule has 0 amide bonds. The van der Waals surface area contributed by atoms with E-state index in [9.17, 15) is 0 Å². The molecule has 14 heavy (non-hydrogen) atoms. The van der Waals surface area contributed by atoms with Gasteiger partial charge in [0.25, 0.3) is 0 Å². The van der Waals surface area contributed by atoms with E-state index in [4.69, 9.17) is 16.7 Å². The van der Waals surface area contributed by atoms with E-state index >= 15 is 0 Å². The molecular formula is C10H11ClOS2. The van der Waals surface area contributed by atoms with Crippen molar-refractivity contribution >= 4 is 34.3 Å². The first kappa shape index (κ1) is 11.7. The molecule has 2 heterocycles. The summed E-state index contributed by atoms with van der Waals surface area (Å²) in [6, 6.07) is 7.86. The third-order valence-electron chi connectivity index (χ3n) is 1.45. The van der Waals surface area contributed by atoms with Gasteiger partial charge in [-0.15, -0.1) is 34.3 Å². The van der Waals surface area contributed by atoms with Crippen LogP contribution in [0.1, 0.15) is 9.75 Å². The Labute approximate surface area is 96.6 Å². The first-order valence-electron chi connectivity index (χ1n) is 4.08. The first-order chi connectivity index (χ1) is 6.86. The van der Waals surface area contributed by atoms with Gasteiger partial charge >= 0.3 is 0 Å². The third-order valence-corrected chi connectivity index (χ3v) is 3.63. The van der Waals surface area contributed by atoms with E-state index in [0.717, 1.165) is 4.88 Å². The second-order valence-electron chi connectivity index (χ2n) is 2.45. The number of hydrogen-bond donors (Lipinski definition) is 1. The van der Waals surface area contributed by atoms with Gasteiger partial charge in [-0.1, -0.05) is 12.1 Å². The molecule has 0 aliphatic rings. The van der Waals surface area contributed by atoms with Crippen LogP contribution in [0, 0.1) is 0 Å². The zero-order valence-corrected chi connectivity index (χ0v) is 9.91. The van der Waals surface area contributed by atoms with Crippen molar-refractivity contribution in [3.8, 4) is 0 Å². The van der Waals surface area contributed by atoms with Crippen LogP contribution in [0.5, 0.6) is 0 Å². The van der Waals surface area contributed by atoms with Crippen molar-refractivity contribution in [3.05, 3.63) is 44.8 Å². The van der Waals surface area contributed by atoms with Crippen LogP contribution in [-0.4, -0.2) is 5.11 Å². The van der Waals surface area contributed by atoms with Gasteiger partial charge in [0.15, 0.2) is 0 Å². The molecule has 0 bridgehead atoms. The van der Waals surface area contributed by atoms with Crippen LogP contribution >= 0.6 is 34.3 Å². The summed E-state index contributed by atoms with van der Waals surface area (Å²) < 4.78 is 0. The minimum atomic E-state index is 0.178. The van der Waals surface area contributed by atoms with E-state index in [1.165, 1.54) is 4.88 Å². The Morgan fingerprint density at radius 3 is 1.86 bits per heavy atom. The predicted molar refractivity (Wildman–Crippen MR) is 64.1 cm³/mol. The standard InChI is InChI=1S/C5H5ClS.C5H6OS/c2*6-4-5-2-1-3-7-5/h1-3H,4H2;1-3,6H,4H2. The fourth-order valence-corrected chi connectivity index (χ4v) is 2.18. The van der Waals surface area contributed by atoms with Crippen LogP contribution in [-0.2, 0) is 12.5 Å². The molecule has 0 unspecified atom stereocenters. The monoisotopic (exact) mass is 246 g/mol. The average molecular weight is 247 g/mol. The Morgan fingerprint density at radius 2 is 1.64 bits per heavy atom. The maximum absolute atomic E-state index is 8.44. The van der Waals surface area contributed by atoms with Crippen LogP contribution in [0.15, 0.2) is 35.0 Å². The van der Waals surface area contributed by atoms with Gasteiger partial charge in [-0.05, 0) is 22.9 Å². The molecule has 2 aromatic rings. The van der Waals surface area contributed by atoms with Gasteiger partial charge in [0.2, 0.25) is 0 Å². The van der Waals surface area contributed by atoms with Crippen LogP contribution in [0.25, 0.3) is 0 Å². The highest BCUT2D eigenvalue weighted by Gasteiger charge is 1.84. The maximum Gasteiger partial charge on any atom is 0.0774 e. The van der Waals surface area contributed by atoms with E-state index in [0.29, 0.717) is 5.88 Å². The minimum absolute atomic E-state index is 0.178. The highest BCUT2D eigenvalue weighted by molar-refractivity contribution is 7.10. The summed E-state index contributed by atoms with van der Waals surface area (Å²) in [5, 5.41) is 12.4. The minimum Gasteiger partial charge on any atom is -0.391 e. The van der Waals surface area contributed by atoms with Gasteiger partial charge in [-0.25, -0.2) is 0 Å². The number of aliphatic hydroxyl groups is 1. The molecule has 0 saturated carbocycles. The van der Waals surface area contributed by atoms with Gasteiger partial charge in [-0.3, -0.25) is 0 Å². The summed E-state index contributed by atoms with van der Waals surface area (Å²) in [7, 11) is 0. The molecular weight excluding hydrogens is 236 g/mol. The Bertz CT molecular complexity index is 282. The van der Waals surface area contributed by atoms with Crippen LogP contribution in [0.4, 0.5) is 0 Å². The summed E-state index contributed by atoms with van der Waals surface area (Å²) >= 11 is 8.74. The zero-order valence-electron chi connectivity index (χ0n) is 7.52. The summed E-state index contributed by atoms with van der Waals surface area (Å²) in [5.41, 5.74) is 0. The molecule has 0 atom stereocenters. The maximum atomic E-state index is 8.44. The van der Waals surface area contributed by atoms with Crippen molar-refractivity contribution in [1.29, 1.82) is 0 Å². The summed E-state index contributed by atoms with van der Waals surface area (Å²) in [6.07, 6.45) is 0. The van der Waals surface area contributed by atoms with Gasteiger partial charge in [0, 0.05) is 9.75 Å². The number of alkyl halides is 1. The second-order valence-corrected chi connectivity index (χ2v) is 4.78. The van der Waals surface area contributed by atoms with Crippen molar-refractivity contribution in [1.82, 2.24) is 0 Å². The molecule has 1 nitrogen and oxygen atoms in total. The molecule has 1 N–H and O–H groups in total. The molecule has 4 heteroatoms. The normalized spacial score (nSPS) is 9.29. The van der Waals surface area contributed by atoms with Crippen molar-refractivity contribution in [2.24, 2.45) is 0 Å². The molecule has 0 aliphatic carbocycles. The molecule has 76 valence electrons. The first-order valence-corrected chi connectivity index (χ1v) is 6.37. The number of aliphatic hydroxyl groups excluding tert-OH is 1. The van der Waals surface area contributed by atoms with Gasteiger partial charge < -0.3 is 5.11 Å². The van der Waals surface area contributed by atoms with E-state index in [1.807, 2.05) is 35.0 Å². The lowest BCUT2D eigenvalue weighted by Crippen LogP contribution is -1.69. The Balaban J connectivity index is 0.000000140. The number of halogens is 1. The van der Waals surface area contributed by atoms with Crippen molar-refractivity contribution in [3.63, 3.8) is 0 Å². The lowest BCUT2D eigenvalue weighted by molar-refractivity contribution is 0.285. The Hall–Kier alpha value is -0.350.